The van der Waals surface area contributed by atoms with E-state index in [0.717, 1.165) is 67.9 Å². The summed E-state index contributed by atoms with van der Waals surface area (Å²) in [6.07, 6.45) is 6.63. The maximum absolute atomic E-state index is 12.9. The summed E-state index contributed by atoms with van der Waals surface area (Å²) >= 11 is 13.1. The molecule has 2 unspecified atom stereocenters. The molecule has 0 aliphatic heterocycles. The first-order valence-electron chi connectivity index (χ1n) is 18.2. The largest absolute Gasteiger partial charge is 0.353 e. The highest BCUT2D eigenvalue weighted by atomic mass is 79.9. The van der Waals surface area contributed by atoms with Gasteiger partial charge in [0.15, 0.2) is 22.9 Å². The molecule has 0 fully saturated rings. The van der Waals surface area contributed by atoms with Crippen molar-refractivity contribution in [3.05, 3.63) is 96.7 Å². The van der Waals surface area contributed by atoms with Crippen LogP contribution < -0.4 is 22.5 Å². The van der Waals surface area contributed by atoms with E-state index in [-0.39, 0.29) is 16.9 Å². The molecule has 14 nitrogen and oxygen atoms in total. The summed E-state index contributed by atoms with van der Waals surface area (Å²) in [7, 11) is 0. The van der Waals surface area contributed by atoms with Crippen LogP contribution in [0, 0.1) is 0 Å². The quantitative estimate of drug-likeness (QED) is 0.127. The number of nitrogens with one attached hydrogen (secondary N) is 1. The third-order valence-electron chi connectivity index (χ3n) is 9.14. The van der Waals surface area contributed by atoms with Gasteiger partial charge in [0.2, 0.25) is 11.2 Å². The smallest absolute Gasteiger partial charge is 0.225 e. The first kappa shape index (κ1) is 40.5. The van der Waals surface area contributed by atoms with E-state index in [4.69, 9.17) is 33.8 Å². The Morgan fingerprint density at radius 3 is 1.69 bits per heavy atom. The van der Waals surface area contributed by atoms with Crippen molar-refractivity contribution in [1.29, 1.82) is 0 Å². The molecule has 17 heteroatoms. The van der Waals surface area contributed by atoms with Crippen LogP contribution in [-0.2, 0) is 35.5 Å². The van der Waals surface area contributed by atoms with E-state index in [1.165, 1.54) is 0 Å². The molecule has 4 heterocycles. The zero-order valence-corrected chi connectivity index (χ0v) is 34.5. The van der Waals surface area contributed by atoms with Crippen molar-refractivity contribution in [1.82, 2.24) is 39.5 Å². The van der Waals surface area contributed by atoms with Crippen LogP contribution >= 0.6 is 43.5 Å². The second-order valence-corrected chi connectivity index (χ2v) is 15.4. The summed E-state index contributed by atoms with van der Waals surface area (Å²) < 4.78 is 5.60. The van der Waals surface area contributed by atoms with Crippen LogP contribution in [0.2, 0.25) is 5.28 Å². The number of benzene rings is 2. The van der Waals surface area contributed by atoms with Crippen LogP contribution in [0.3, 0.4) is 0 Å². The van der Waals surface area contributed by atoms with Gasteiger partial charge in [-0.3, -0.25) is 19.0 Å². The number of carbonyl (C=O) groups is 2. The Labute approximate surface area is 340 Å². The van der Waals surface area contributed by atoms with E-state index >= 15 is 0 Å². The summed E-state index contributed by atoms with van der Waals surface area (Å²) in [6, 6.07) is 11.9. The average Bonchev–Trinajstić information content (AvgIpc) is 3.92. The Kier molecular flexibility index (Phi) is 13.4. The molecule has 288 valence electrons. The van der Waals surface area contributed by atoms with Crippen LogP contribution in [0.4, 0.5) is 5.95 Å². The van der Waals surface area contributed by atoms with Gasteiger partial charge in [0, 0.05) is 73.4 Å². The van der Waals surface area contributed by atoms with Crippen molar-refractivity contribution < 1.29 is 9.59 Å². The highest BCUT2D eigenvalue weighted by Crippen LogP contribution is 2.40. The van der Waals surface area contributed by atoms with E-state index in [0.29, 0.717) is 67.7 Å². The normalized spacial score (nSPS) is 15.8. The number of rotatable bonds is 10. The first-order chi connectivity index (χ1) is 26.6. The van der Waals surface area contributed by atoms with Gasteiger partial charge in [-0.05, 0) is 71.0 Å². The van der Waals surface area contributed by atoms with Crippen molar-refractivity contribution in [2.24, 2.45) is 17.2 Å². The molecule has 0 radical (unpaired) electrons. The molecule has 0 spiro atoms. The molecule has 2 aromatic carbocycles. The maximum Gasteiger partial charge on any atom is 0.225 e. The van der Waals surface area contributed by atoms with Gasteiger partial charge < -0.3 is 22.5 Å². The van der Waals surface area contributed by atoms with Crippen molar-refractivity contribution in [2.75, 3.05) is 31.5 Å². The number of aryl methyl sites for hydroxylation is 2. The van der Waals surface area contributed by atoms with Crippen molar-refractivity contribution in [3.8, 4) is 0 Å². The highest BCUT2D eigenvalue weighted by molar-refractivity contribution is 9.10. The van der Waals surface area contributed by atoms with Crippen molar-refractivity contribution in [2.45, 2.75) is 64.5 Å². The summed E-state index contributed by atoms with van der Waals surface area (Å²) in [5, 5.41) is 13.9. The summed E-state index contributed by atoms with van der Waals surface area (Å²) in [5.74, 6) is -0.0834. The topological polar surface area (TPSA) is 211 Å². The van der Waals surface area contributed by atoms with Crippen LogP contribution in [0.15, 0.2) is 57.7 Å². The van der Waals surface area contributed by atoms with Gasteiger partial charge in [-0.15, -0.1) is 0 Å². The SMILES string of the molecule is CCCn1cc2c(C3C(=O)Cc4ccc(Br)cc43)nc(Cl)nc2n1.CCCn1cc2c(C3C(=O)Cc4ccc(Br)cc43)nc(NCCN)nc2n1.NCCN. The molecular weight excluding hydrogens is 852 g/mol. The van der Waals surface area contributed by atoms with E-state index in [1.54, 1.807) is 0 Å². The molecule has 2 aliphatic carbocycles. The molecular formula is C38H43Br2ClN12O2. The minimum atomic E-state index is -0.417. The molecule has 2 atom stereocenters. The molecule has 0 saturated heterocycles. The van der Waals surface area contributed by atoms with Gasteiger partial charge in [-0.25, -0.2) is 9.97 Å². The van der Waals surface area contributed by atoms with Gasteiger partial charge in [0.25, 0.3) is 0 Å². The number of fused-ring (bicyclic) bond motifs is 4. The summed E-state index contributed by atoms with van der Waals surface area (Å²) in [5.41, 5.74) is 22.0. The van der Waals surface area contributed by atoms with E-state index in [9.17, 15) is 9.59 Å². The Balaban J connectivity index is 0.000000172. The zero-order chi connectivity index (χ0) is 39.2. The van der Waals surface area contributed by atoms with Crippen LogP contribution in [0.1, 0.15) is 72.2 Å². The number of hydrogen-bond donors (Lipinski definition) is 4. The Bertz CT molecular complexity index is 2340. The number of carbonyl (C=O) groups excluding carboxylic acids is 2. The molecule has 0 saturated carbocycles. The van der Waals surface area contributed by atoms with Gasteiger partial charge in [-0.2, -0.15) is 20.2 Å². The standard InChI is InChI=1S/C19H21BrN6O.C17H14BrClN4O.C2H8N2/c1-2-7-26-10-14-17(23-19(22-6-5-21)24-18(14)25-26)16-13-9-12(20)4-3-11(13)8-15(16)27;1-2-5-23-8-12-15(20-17(19)21-16(12)22-23)14-11-7-10(18)4-3-9(11)6-13(14)24;3-1-2-4/h3-4,9-10,16H,2,5-8,21H2,1H3,(H,22,24,25);3-4,7-8,14H,2,5-6H2,1H3;1-4H2. The molecule has 6 aromatic rings. The average molecular weight is 895 g/mol. The minimum Gasteiger partial charge on any atom is -0.353 e. The van der Waals surface area contributed by atoms with E-state index < -0.39 is 11.8 Å². The Morgan fingerprint density at radius 2 is 1.22 bits per heavy atom. The fraction of sp³-hybridized carbons (Fsp3) is 0.368. The second kappa shape index (κ2) is 18.2. The predicted molar refractivity (Wildman–Crippen MR) is 221 cm³/mol. The first-order valence-corrected chi connectivity index (χ1v) is 20.2. The molecule has 55 heavy (non-hydrogen) atoms. The number of hydrogen-bond acceptors (Lipinski definition) is 12. The second-order valence-electron chi connectivity index (χ2n) is 13.2. The lowest BCUT2D eigenvalue weighted by atomic mass is 9.95. The zero-order valence-electron chi connectivity index (χ0n) is 30.6. The van der Waals surface area contributed by atoms with E-state index in [2.05, 4.69) is 76.2 Å². The van der Waals surface area contributed by atoms with Gasteiger partial charge in [0.05, 0.1) is 34.0 Å². The molecule has 7 N–H and O–H groups in total. The van der Waals surface area contributed by atoms with Gasteiger partial charge in [0.1, 0.15) is 0 Å². The summed E-state index contributed by atoms with van der Waals surface area (Å²) in [4.78, 5) is 43.4. The van der Waals surface area contributed by atoms with Crippen LogP contribution in [0.5, 0.6) is 0 Å². The summed E-state index contributed by atoms with van der Waals surface area (Å²) in [6.45, 7) is 7.98. The van der Waals surface area contributed by atoms with Crippen LogP contribution in [-0.4, -0.2) is 77.2 Å². The maximum atomic E-state index is 12.9. The number of Topliss-reactive ketones (excluding diaryl/α,β-unsaturated/α-hetero) is 2. The molecule has 0 bridgehead atoms. The molecule has 0 amide bonds. The number of anilines is 1. The molecule has 8 rings (SSSR count). The monoisotopic (exact) mass is 892 g/mol. The highest BCUT2D eigenvalue weighted by Gasteiger charge is 2.36. The number of nitrogens with two attached hydrogens (primary N) is 3. The Hall–Kier alpha value is -4.19. The lowest BCUT2D eigenvalue weighted by molar-refractivity contribution is -0.119. The number of halogens is 3. The lowest BCUT2D eigenvalue weighted by Crippen LogP contribution is -2.17. The third-order valence-corrected chi connectivity index (χ3v) is 10.3. The molecule has 2 aliphatic rings. The van der Waals surface area contributed by atoms with Crippen molar-refractivity contribution >= 4 is 83.0 Å². The van der Waals surface area contributed by atoms with Gasteiger partial charge >= 0.3 is 0 Å². The fourth-order valence-corrected chi connectivity index (χ4v) is 7.76. The number of nitrogens with zero attached hydrogens (tertiary/aromatic N) is 8. The minimum absolute atomic E-state index is 0.121. The van der Waals surface area contributed by atoms with Crippen molar-refractivity contribution in [3.63, 3.8) is 0 Å². The third kappa shape index (κ3) is 8.95. The molecule has 4 aromatic heterocycles. The van der Waals surface area contributed by atoms with Crippen LogP contribution in [0.25, 0.3) is 22.1 Å². The lowest BCUT2D eigenvalue weighted by Gasteiger charge is -2.13. The van der Waals surface area contributed by atoms with Gasteiger partial charge in [-0.1, -0.05) is 57.8 Å². The number of aromatic nitrogens is 8. The predicted octanol–water partition coefficient (Wildman–Crippen LogP) is 5.44. The van der Waals surface area contributed by atoms with E-state index in [1.807, 2.05) is 58.2 Å². The number of ketones is 2. The fourth-order valence-electron chi connectivity index (χ4n) is 6.83. The Morgan fingerprint density at radius 1 is 0.727 bits per heavy atom.